The molecule has 0 aliphatic rings. The predicted molar refractivity (Wildman–Crippen MR) is 97.7 cm³/mol. The molecule has 3 aromatic heterocycles. The number of thiazole rings is 1. The number of nitrogen functional groups attached to an aromatic ring is 1. The van der Waals surface area contributed by atoms with E-state index < -0.39 is 0 Å². The first kappa shape index (κ1) is 15.3. The number of anilines is 2. The third kappa shape index (κ3) is 3.26. The molecule has 0 aliphatic carbocycles. The molecule has 0 aliphatic heterocycles. The number of hydrogen-bond donors (Lipinski definition) is 2. The number of carbonyl (C=O) groups excluding carboxylic acids is 1. The Kier molecular flexibility index (Phi) is 4.65. The molecule has 10 heteroatoms. The highest BCUT2D eigenvalue weighted by Gasteiger charge is 2.14. The Bertz CT molecular complexity index is 802. The van der Waals surface area contributed by atoms with E-state index in [1.807, 2.05) is 10.5 Å². The predicted octanol–water partition coefficient (Wildman–Crippen LogP) is 3.03. The average Bonchev–Trinajstić information content (AvgIpc) is 3.17. The van der Waals surface area contributed by atoms with Gasteiger partial charge >= 0.3 is 0 Å². The van der Waals surface area contributed by atoms with Gasteiger partial charge in [0.05, 0.1) is 24.5 Å². The van der Waals surface area contributed by atoms with Gasteiger partial charge in [0.2, 0.25) is 0 Å². The highest BCUT2D eigenvalue weighted by Crippen LogP contribution is 2.32. The van der Waals surface area contributed by atoms with E-state index in [4.69, 9.17) is 5.73 Å². The molecule has 1 unspecified atom stereocenters. The molecule has 0 aromatic carbocycles. The molecule has 3 rings (SSSR count). The van der Waals surface area contributed by atoms with Crippen LogP contribution in [0.2, 0.25) is 0 Å². The largest absolute Gasteiger partial charge is 0.397 e. The van der Waals surface area contributed by atoms with Gasteiger partial charge in [0.15, 0.2) is 0 Å². The molecule has 3 heterocycles. The summed E-state index contributed by atoms with van der Waals surface area (Å²) in [7, 11) is 0. The van der Waals surface area contributed by atoms with E-state index in [0.29, 0.717) is 23.6 Å². The van der Waals surface area contributed by atoms with Crippen molar-refractivity contribution >= 4 is 57.2 Å². The molecule has 0 fully saturated rings. The molecular weight excluding hydrogens is 434 g/mol. The van der Waals surface area contributed by atoms with Crippen molar-refractivity contribution in [1.82, 2.24) is 19.5 Å². The van der Waals surface area contributed by atoms with Gasteiger partial charge in [-0.2, -0.15) is 5.10 Å². The minimum atomic E-state index is -0.303. The van der Waals surface area contributed by atoms with Crippen molar-refractivity contribution in [2.24, 2.45) is 0 Å². The van der Waals surface area contributed by atoms with Crippen molar-refractivity contribution < 1.29 is 4.79 Å². The van der Waals surface area contributed by atoms with Crippen LogP contribution in [0.3, 0.4) is 0 Å². The van der Waals surface area contributed by atoms with Gasteiger partial charge in [0, 0.05) is 5.38 Å². The van der Waals surface area contributed by atoms with Gasteiger partial charge in [-0.3, -0.25) is 4.79 Å². The molecule has 7 nitrogen and oxygen atoms in total. The van der Waals surface area contributed by atoms with E-state index in [9.17, 15) is 4.79 Å². The number of nitrogens with one attached hydrogen (secondary N) is 1. The number of rotatable bonds is 4. The quantitative estimate of drug-likeness (QED) is 0.476. The first-order valence-corrected chi connectivity index (χ1v) is 11.0. The van der Waals surface area contributed by atoms with E-state index >= 15 is 0 Å². The molecule has 22 heavy (non-hydrogen) atoms. The minimum Gasteiger partial charge on any atom is -0.397 e. The molecular formula is C12H10IN6OPS. The summed E-state index contributed by atoms with van der Waals surface area (Å²) < 4.78 is 1.85. The Morgan fingerprint density at radius 2 is 2.27 bits per heavy atom. The third-order valence-electron chi connectivity index (χ3n) is 2.71. The molecule has 112 valence electrons. The van der Waals surface area contributed by atoms with Crippen LogP contribution in [-0.4, -0.2) is 25.4 Å². The van der Waals surface area contributed by atoms with Gasteiger partial charge in [0.1, 0.15) is 22.2 Å². The van der Waals surface area contributed by atoms with Crippen LogP contribution in [0.4, 0.5) is 11.5 Å². The zero-order valence-corrected chi connectivity index (χ0v) is 15.0. The summed E-state index contributed by atoms with van der Waals surface area (Å²) in [6.07, 6.45) is 3.69. The Labute approximate surface area is 144 Å². The lowest BCUT2D eigenvalue weighted by Gasteiger charge is -2.02. The monoisotopic (exact) mass is 444 g/mol. The van der Waals surface area contributed by atoms with E-state index in [1.165, 1.54) is 17.5 Å². The molecule has 0 radical (unpaired) electrons. The molecule has 3 N–H and O–H groups in total. The lowest BCUT2D eigenvalue weighted by molar-refractivity contribution is 0.102. The van der Waals surface area contributed by atoms with Crippen LogP contribution < -0.4 is 11.1 Å². The van der Waals surface area contributed by atoms with E-state index in [1.54, 1.807) is 23.7 Å². The van der Waals surface area contributed by atoms with Crippen LogP contribution in [0, 0.1) is 0 Å². The normalized spacial score (nSPS) is 11.1. The topological polar surface area (TPSA) is 98.7 Å². The summed E-state index contributed by atoms with van der Waals surface area (Å²) in [5, 5.41) is 9.38. The van der Waals surface area contributed by atoms with Crippen LogP contribution in [0.25, 0.3) is 10.7 Å². The maximum Gasteiger partial charge on any atom is 0.276 e. The van der Waals surface area contributed by atoms with E-state index in [2.05, 4.69) is 42.4 Å². The number of pyridine rings is 1. The highest BCUT2D eigenvalue weighted by molar-refractivity contribution is 14.2. The first-order valence-electron chi connectivity index (χ1n) is 6.07. The molecule has 0 saturated carbocycles. The van der Waals surface area contributed by atoms with Gasteiger partial charge in [-0.15, -0.1) is 11.3 Å². The number of carbonyl (C=O) groups is 1. The van der Waals surface area contributed by atoms with E-state index in [-0.39, 0.29) is 5.91 Å². The summed E-state index contributed by atoms with van der Waals surface area (Å²) in [6, 6.07) is 5.20. The fourth-order valence-electron chi connectivity index (χ4n) is 1.69. The standard InChI is InChI=1S/C12H10IN6OPS/c13-21-19-9(3-4-16-19)12-17-8(6-22-12)11(20)18-10-2-1-7(14)5-15-10/h1-6,21H,14H2,(H,15,18,20). The number of aromatic nitrogens is 4. The highest BCUT2D eigenvalue weighted by atomic mass is 127. The molecule has 1 amide bonds. The van der Waals surface area contributed by atoms with Gasteiger partial charge in [-0.05, 0) is 40.2 Å². The minimum absolute atomic E-state index is 0.303. The second-order valence-corrected chi connectivity index (χ2v) is 7.08. The van der Waals surface area contributed by atoms with Crippen molar-refractivity contribution in [3.8, 4) is 10.7 Å². The number of nitrogens with zero attached hydrogens (tertiary/aromatic N) is 4. The van der Waals surface area contributed by atoms with Crippen LogP contribution in [-0.2, 0) is 0 Å². The summed E-state index contributed by atoms with van der Waals surface area (Å²) in [4.78, 5) is 20.6. The van der Waals surface area contributed by atoms with Crippen molar-refractivity contribution in [2.75, 3.05) is 11.1 Å². The van der Waals surface area contributed by atoms with E-state index in [0.717, 1.165) is 10.7 Å². The first-order chi connectivity index (χ1) is 10.7. The summed E-state index contributed by atoms with van der Waals surface area (Å²) in [5.74, 6) is 0.135. The second-order valence-electron chi connectivity index (χ2n) is 4.18. The second kappa shape index (κ2) is 6.67. The Hall–Kier alpha value is -1.58. The Morgan fingerprint density at radius 3 is 3.00 bits per heavy atom. The third-order valence-corrected chi connectivity index (χ3v) is 5.46. The van der Waals surface area contributed by atoms with Crippen LogP contribution in [0.1, 0.15) is 10.5 Å². The maximum absolute atomic E-state index is 12.2. The van der Waals surface area contributed by atoms with Gasteiger partial charge < -0.3 is 11.1 Å². The fourth-order valence-corrected chi connectivity index (χ4v) is 4.11. The number of halogens is 1. The fraction of sp³-hybridized carbons (Fsp3) is 0. The average molecular weight is 444 g/mol. The number of hydrogen-bond acceptors (Lipinski definition) is 6. The SMILES string of the molecule is Nc1ccc(NC(=O)c2csc(-c3ccnn3PI)n2)nc1. The van der Waals surface area contributed by atoms with Crippen molar-refractivity contribution in [1.29, 1.82) is 0 Å². The maximum atomic E-state index is 12.2. The summed E-state index contributed by atoms with van der Waals surface area (Å²) in [6.45, 7) is 0. The van der Waals surface area contributed by atoms with Gasteiger partial charge in [-0.25, -0.2) is 14.4 Å². The lowest BCUT2D eigenvalue weighted by atomic mass is 10.4. The molecule has 1 atom stereocenters. The lowest BCUT2D eigenvalue weighted by Crippen LogP contribution is -2.13. The zero-order chi connectivity index (χ0) is 15.5. The van der Waals surface area contributed by atoms with Gasteiger partial charge in [-0.1, -0.05) is 0 Å². The van der Waals surface area contributed by atoms with Crippen LogP contribution in [0.15, 0.2) is 36.0 Å². The van der Waals surface area contributed by atoms with Crippen LogP contribution in [0.5, 0.6) is 0 Å². The van der Waals surface area contributed by atoms with Crippen molar-refractivity contribution in [3.05, 3.63) is 41.7 Å². The van der Waals surface area contributed by atoms with Crippen LogP contribution >= 0.6 is 39.8 Å². The Balaban J connectivity index is 1.78. The summed E-state index contributed by atoms with van der Waals surface area (Å²) in [5.41, 5.74) is 7.36. The number of nitrogens with two attached hydrogens (primary N) is 1. The van der Waals surface area contributed by atoms with Gasteiger partial charge in [0.25, 0.3) is 5.91 Å². The van der Waals surface area contributed by atoms with Crippen molar-refractivity contribution in [3.63, 3.8) is 0 Å². The zero-order valence-electron chi connectivity index (χ0n) is 11.0. The van der Waals surface area contributed by atoms with Crippen molar-refractivity contribution in [2.45, 2.75) is 0 Å². The molecule has 0 spiro atoms. The molecule has 0 saturated heterocycles. The Morgan fingerprint density at radius 1 is 1.41 bits per heavy atom. The smallest absolute Gasteiger partial charge is 0.276 e. The number of amides is 1. The molecule has 0 bridgehead atoms. The summed E-state index contributed by atoms with van der Waals surface area (Å²) >= 11 is 3.65. The molecule has 3 aromatic rings.